The smallest absolute Gasteiger partial charge is 0.00139 e. The molecule has 0 N–H and O–H groups in total. The maximum Gasteiger partial charge on any atom is -0.00139 e. The normalized spacial score (nSPS) is 14.1. The van der Waals surface area contributed by atoms with Crippen LogP contribution < -0.4 is 0 Å². The first-order chi connectivity index (χ1) is 31.2. The lowest BCUT2D eigenvalue weighted by Gasteiger charge is -2.25. The van der Waals surface area contributed by atoms with Crippen LogP contribution in [0.15, 0.2) is 121 Å². The molecule has 0 heteroatoms. The fourth-order valence-corrected chi connectivity index (χ4v) is 12.6. The first-order valence-electron chi connectivity index (χ1n) is 24.3. The van der Waals surface area contributed by atoms with Gasteiger partial charge in [-0.15, -0.1) is 0 Å². The Labute approximate surface area is 386 Å². The second-order valence-corrected chi connectivity index (χ2v) is 24.6. The van der Waals surface area contributed by atoms with Crippen molar-refractivity contribution < 1.29 is 0 Å². The molecule has 0 aliphatic heterocycles. The zero-order chi connectivity index (χ0) is 45.5. The summed E-state index contributed by atoms with van der Waals surface area (Å²) in [6, 6.07) is 49.5. The van der Waals surface area contributed by atoms with Crippen LogP contribution in [0.1, 0.15) is 105 Å². The van der Waals surface area contributed by atoms with Gasteiger partial charge in [0.25, 0.3) is 0 Å². The minimum atomic E-state index is 0.0346. The predicted molar refractivity (Wildman–Crippen MR) is 294 cm³/mol. The van der Waals surface area contributed by atoms with Crippen molar-refractivity contribution >= 4 is 140 Å². The molecule has 0 saturated heterocycles. The van der Waals surface area contributed by atoms with Crippen LogP contribution in [-0.2, 0) is 21.7 Å². The van der Waals surface area contributed by atoms with Gasteiger partial charge in [-0.1, -0.05) is 156 Å². The molecule has 0 aromatic heterocycles. The summed E-state index contributed by atoms with van der Waals surface area (Å²) in [6.45, 7) is 28.2. The molecular formula is C66H56. The van der Waals surface area contributed by atoms with Crippen molar-refractivity contribution in [2.45, 2.75) is 105 Å². The van der Waals surface area contributed by atoms with Gasteiger partial charge in [0.05, 0.1) is 0 Å². The highest BCUT2D eigenvalue weighted by molar-refractivity contribution is 6.45. The van der Waals surface area contributed by atoms with Gasteiger partial charge in [0.2, 0.25) is 0 Å². The molecule has 0 aliphatic rings. The predicted octanol–water partition coefficient (Wildman–Crippen LogP) is 19.6. The summed E-state index contributed by atoms with van der Waals surface area (Å²) < 4.78 is 0. The monoisotopic (exact) mass is 848 g/mol. The topological polar surface area (TPSA) is 0 Å². The van der Waals surface area contributed by atoms with Gasteiger partial charge in [0.1, 0.15) is 0 Å². The third kappa shape index (κ3) is 4.90. The van der Waals surface area contributed by atoms with Crippen LogP contribution in [0.3, 0.4) is 0 Å². The molecule has 0 radical (unpaired) electrons. The average molecular weight is 849 g/mol. The van der Waals surface area contributed by atoms with Gasteiger partial charge in [-0.2, -0.15) is 0 Å². The number of hydrogen-bond acceptors (Lipinski definition) is 0. The van der Waals surface area contributed by atoms with E-state index in [4.69, 9.17) is 0 Å². The van der Waals surface area contributed by atoms with Crippen molar-refractivity contribution in [2.24, 2.45) is 0 Å². The summed E-state index contributed by atoms with van der Waals surface area (Å²) in [6.07, 6.45) is 0. The van der Waals surface area contributed by atoms with E-state index in [1.165, 1.54) is 162 Å². The Hall–Kier alpha value is -6.50. The number of rotatable bonds is 0. The number of fused-ring (bicyclic) bond motifs is 11. The Morgan fingerprint density at radius 2 is 0.379 bits per heavy atom. The summed E-state index contributed by atoms with van der Waals surface area (Å²) in [5.74, 6) is 0. The van der Waals surface area contributed by atoms with Gasteiger partial charge in [-0.3, -0.25) is 0 Å². The average Bonchev–Trinajstić information content (AvgIpc) is 3.75. The van der Waals surface area contributed by atoms with Gasteiger partial charge in [-0.05, 0) is 232 Å². The van der Waals surface area contributed by atoms with Crippen LogP contribution in [0.2, 0.25) is 0 Å². The fourth-order valence-electron chi connectivity index (χ4n) is 12.6. The van der Waals surface area contributed by atoms with Crippen molar-refractivity contribution in [3.05, 3.63) is 144 Å². The zero-order valence-corrected chi connectivity index (χ0v) is 40.5. The molecule has 66 heavy (non-hydrogen) atoms. The Kier molecular flexibility index (Phi) is 6.98. The van der Waals surface area contributed by atoms with E-state index in [1.54, 1.807) is 0 Å². The molecule has 320 valence electrons. The van der Waals surface area contributed by atoms with E-state index in [2.05, 4.69) is 204 Å². The van der Waals surface area contributed by atoms with Crippen molar-refractivity contribution in [3.8, 4) is 0 Å². The molecule has 0 nitrogen and oxygen atoms in total. The first-order valence-corrected chi connectivity index (χ1v) is 24.3. The van der Waals surface area contributed by atoms with Crippen LogP contribution >= 0.6 is 0 Å². The van der Waals surface area contributed by atoms with E-state index in [-0.39, 0.29) is 21.7 Å². The molecule has 0 fully saturated rings. The second-order valence-electron chi connectivity index (χ2n) is 24.6. The lowest BCUT2D eigenvalue weighted by molar-refractivity contribution is 0.589. The maximum atomic E-state index is 2.51. The lowest BCUT2D eigenvalue weighted by Crippen LogP contribution is -2.12. The molecule has 14 rings (SSSR count). The summed E-state index contributed by atoms with van der Waals surface area (Å²) in [5, 5.41) is 35.6. The van der Waals surface area contributed by atoms with Crippen molar-refractivity contribution in [2.75, 3.05) is 0 Å². The summed E-state index contributed by atoms with van der Waals surface area (Å²) in [7, 11) is 0. The molecule has 0 unspecified atom stereocenters. The quantitative estimate of drug-likeness (QED) is 0.105. The van der Waals surface area contributed by atoms with E-state index >= 15 is 0 Å². The molecule has 0 bridgehead atoms. The standard InChI is InChI=1S/C66H56/c1-63(2,3)37-21-35-22-38(64(4,5)6)30-54-46-18-14-42-50-26-34-28-52-44-16-20-48-56-32-40(66(10,11)12)24-36-23-39(65(7,8)9)31-55(58(36)56)47-19-15-43(60(44)62(47)48)51(52)27-33(34)25-49(50)41-13-17-45(61(46)59(41)42)53(29-37)57(35)54/h13-32H,1-12H3. The van der Waals surface area contributed by atoms with Crippen LogP contribution in [0.5, 0.6) is 0 Å². The summed E-state index contributed by atoms with van der Waals surface area (Å²) in [5.41, 5.74) is 5.71. The Morgan fingerprint density at radius 1 is 0.182 bits per heavy atom. The van der Waals surface area contributed by atoms with Crippen LogP contribution in [-0.4, -0.2) is 0 Å². The van der Waals surface area contributed by atoms with Gasteiger partial charge in [0.15, 0.2) is 0 Å². The molecule has 0 amide bonds. The van der Waals surface area contributed by atoms with E-state index in [9.17, 15) is 0 Å². The first kappa shape index (κ1) is 38.7. The largest absolute Gasteiger partial charge is 0.0561 e. The van der Waals surface area contributed by atoms with Crippen LogP contribution in [0.25, 0.3) is 140 Å². The molecular weight excluding hydrogens is 793 g/mol. The highest BCUT2D eigenvalue weighted by Gasteiger charge is 2.27. The Morgan fingerprint density at radius 3 is 0.576 bits per heavy atom. The summed E-state index contributed by atoms with van der Waals surface area (Å²) >= 11 is 0. The third-order valence-corrected chi connectivity index (χ3v) is 16.3. The molecule has 14 aromatic rings. The molecule has 14 aromatic carbocycles. The highest BCUT2D eigenvalue weighted by Crippen LogP contribution is 2.52. The SMILES string of the molecule is CC(C)(C)c1cc2cc(C(C)(C)C)cc3c4ccc5c6cc7cc8c(cc7cc6c6ccc(c(c1)c23)c4c65)c1ccc2c3cc(C(C)(C)C)cc4cc(C(C)(C)C)cc(c5ccc8c1c25)c43. The lowest BCUT2D eigenvalue weighted by atomic mass is 9.79. The van der Waals surface area contributed by atoms with Gasteiger partial charge in [-0.25, -0.2) is 0 Å². The minimum Gasteiger partial charge on any atom is -0.0561 e. The zero-order valence-electron chi connectivity index (χ0n) is 40.5. The second kappa shape index (κ2) is 11.9. The van der Waals surface area contributed by atoms with Gasteiger partial charge in [0, 0.05) is 0 Å². The van der Waals surface area contributed by atoms with E-state index in [0.29, 0.717) is 0 Å². The van der Waals surface area contributed by atoms with E-state index in [1.807, 2.05) is 0 Å². The molecule has 0 saturated carbocycles. The van der Waals surface area contributed by atoms with E-state index in [0.717, 1.165) is 0 Å². The molecule has 0 spiro atoms. The third-order valence-electron chi connectivity index (χ3n) is 16.3. The number of hydrogen-bond donors (Lipinski definition) is 0. The van der Waals surface area contributed by atoms with Crippen LogP contribution in [0, 0.1) is 0 Å². The highest BCUT2D eigenvalue weighted by atomic mass is 14.3. The fraction of sp³-hybridized carbons (Fsp3) is 0.242. The van der Waals surface area contributed by atoms with Gasteiger partial charge >= 0.3 is 0 Å². The Balaban J connectivity index is 1.06. The molecule has 0 heterocycles. The van der Waals surface area contributed by atoms with Crippen molar-refractivity contribution in [1.29, 1.82) is 0 Å². The van der Waals surface area contributed by atoms with E-state index < -0.39 is 0 Å². The van der Waals surface area contributed by atoms with Gasteiger partial charge < -0.3 is 0 Å². The van der Waals surface area contributed by atoms with Crippen molar-refractivity contribution in [1.82, 2.24) is 0 Å². The maximum absolute atomic E-state index is 2.51. The van der Waals surface area contributed by atoms with Crippen LogP contribution in [0.4, 0.5) is 0 Å². The number of benzene rings is 12. The summed E-state index contributed by atoms with van der Waals surface area (Å²) in [4.78, 5) is 0. The molecule has 0 aliphatic carbocycles. The minimum absolute atomic E-state index is 0.0346. The Bertz CT molecular complexity index is 3890. The van der Waals surface area contributed by atoms with Crippen molar-refractivity contribution in [3.63, 3.8) is 0 Å². The molecule has 0 atom stereocenters.